The lowest BCUT2D eigenvalue weighted by Crippen LogP contribution is -2.22. The zero-order valence-electron chi connectivity index (χ0n) is 14.2. The van der Waals surface area contributed by atoms with E-state index in [1.807, 2.05) is 24.3 Å². The lowest BCUT2D eigenvalue weighted by Gasteiger charge is -2.10. The van der Waals surface area contributed by atoms with Crippen molar-refractivity contribution in [2.75, 3.05) is 5.32 Å². The number of carbonyl (C=O) groups is 2. The minimum Gasteiger partial charge on any atom is -0.348 e. The minimum atomic E-state index is -0.151. The summed E-state index contributed by atoms with van der Waals surface area (Å²) in [5.41, 5.74) is 2.31. The quantitative estimate of drug-likeness (QED) is 0.847. The van der Waals surface area contributed by atoms with Crippen LogP contribution in [0.1, 0.15) is 48.0 Å². The fourth-order valence-electron chi connectivity index (χ4n) is 3.18. The number of pyridine rings is 1. The van der Waals surface area contributed by atoms with Crippen LogP contribution in [0.3, 0.4) is 0 Å². The van der Waals surface area contributed by atoms with Crippen LogP contribution in [0.4, 0.5) is 5.69 Å². The molecule has 0 bridgehead atoms. The Morgan fingerprint density at radius 2 is 1.84 bits per heavy atom. The molecule has 1 saturated carbocycles. The Morgan fingerprint density at radius 1 is 1.08 bits per heavy atom. The van der Waals surface area contributed by atoms with Crippen LogP contribution in [0.25, 0.3) is 0 Å². The van der Waals surface area contributed by atoms with Crippen molar-refractivity contribution in [2.45, 2.75) is 38.6 Å². The maximum absolute atomic E-state index is 12.1. The van der Waals surface area contributed by atoms with E-state index in [0.717, 1.165) is 11.3 Å². The van der Waals surface area contributed by atoms with Crippen molar-refractivity contribution < 1.29 is 9.59 Å². The molecule has 2 aromatic rings. The van der Waals surface area contributed by atoms with E-state index in [0.29, 0.717) is 24.4 Å². The number of nitrogens with one attached hydrogen (secondary N) is 2. The summed E-state index contributed by atoms with van der Waals surface area (Å²) < 4.78 is 0. The van der Waals surface area contributed by atoms with E-state index in [9.17, 15) is 9.59 Å². The highest BCUT2D eigenvalue weighted by molar-refractivity contribution is 5.93. The van der Waals surface area contributed by atoms with Crippen LogP contribution in [0.5, 0.6) is 0 Å². The normalized spacial score (nSPS) is 14.2. The summed E-state index contributed by atoms with van der Waals surface area (Å²) in [4.78, 5) is 28.0. The second-order valence-corrected chi connectivity index (χ2v) is 6.52. The maximum Gasteiger partial charge on any atom is 0.253 e. The maximum atomic E-state index is 12.1. The summed E-state index contributed by atoms with van der Waals surface area (Å²) >= 11 is 0. The van der Waals surface area contributed by atoms with Gasteiger partial charge in [0, 0.05) is 31.0 Å². The lowest BCUT2D eigenvalue weighted by atomic mass is 10.0. The van der Waals surface area contributed by atoms with Gasteiger partial charge in [-0.2, -0.15) is 0 Å². The Hall–Kier alpha value is -2.69. The van der Waals surface area contributed by atoms with Crippen LogP contribution in [0, 0.1) is 5.92 Å². The average Bonchev–Trinajstić information content (AvgIpc) is 3.14. The molecule has 0 atom stereocenters. The molecule has 25 heavy (non-hydrogen) atoms. The van der Waals surface area contributed by atoms with E-state index in [-0.39, 0.29) is 11.8 Å². The van der Waals surface area contributed by atoms with Crippen molar-refractivity contribution in [3.63, 3.8) is 0 Å². The number of carbonyl (C=O) groups excluding carboxylic acids is 2. The summed E-state index contributed by atoms with van der Waals surface area (Å²) in [5.74, 6) is 0.480. The fourth-order valence-corrected chi connectivity index (χ4v) is 3.18. The molecule has 5 nitrogen and oxygen atoms in total. The highest BCUT2D eigenvalue weighted by Gasteiger charge is 2.18. The van der Waals surface area contributed by atoms with Gasteiger partial charge in [-0.05, 0) is 48.6 Å². The smallest absolute Gasteiger partial charge is 0.253 e. The Labute approximate surface area is 147 Å². The van der Waals surface area contributed by atoms with Crippen molar-refractivity contribution in [3.8, 4) is 0 Å². The zero-order chi connectivity index (χ0) is 17.5. The van der Waals surface area contributed by atoms with Gasteiger partial charge in [0.05, 0.1) is 5.56 Å². The molecule has 1 heterocycles. The summed E-state index contributed by atoms with van der Waals surface area (Å²) in [6.07, 6.45) is 8.62. The third kappa shape index (κ3) is 5.14. The van der Waals surface area contributed by atoms with Crippen molar-refractivity contribution in [2.24, 2.45) is 5.92 Å². The Balaban J connectivity index is 1.46. The van der Waals surface area contributed by atoms with E-state index in [1.54, 1.807) is 18.3 Å². The van der Waals surface area contributed by atoms with Crippen LogP contribution < -0.4 is 10.6 Å². The molecule has 0 aliphatic heterocycles. The number of aromatic nitrogens is 1. The predicted molar refractivity (Wildman–Crippen MR) is 97.1 cm³/mol. The molecule has 1 aliphatic carbocycles. The summed E-state index contributed by atoms with van der Waals surface area (Å²) in [7, 11) is 0. The first-order valence-electron chi connectivity index (χ1n) is 8.78. The third-order valence-electron chi connectivity index (χ3n) is 4.56. The molecule has 1 aromatic heterocycles. The number of nitrogens with zero attached hydrogens (tertiary/aromatic N) is 1. The van der Waals surface area contributed by atoms with Gasteiger partial charge in [0.2, 0.25) is 5.91 Å². The molecule has 0 unspecified atom stereocenters. The van der Waals surface area contributed by atoms with Crippen molar-refractivity contribution in [1.29, 1.82) is 0 Å². The van der Waals surface area contributed by atoms with Crippen molar-refractivity contribution in [1.82, 2.24) is 10.3 Å². The molecule has 2 N–H and O–H groups in total. The number of amides is 2. The van der Waals surface area contributed by atoms with Crippen molar-refractivity contribution in [3.05, 3.63) is 59.9 Å². The molecule has 0 radical (unpaired) electrons. The summed E-state index contributed by atoms with van der Waals surface area (Å²) in [5, 5.41) is 5.81. The second kappa shape index (κ2) is 8.42. The molecule has 3 rings (SSSR count). The van der Waals surface area contributed by atoms with Gasteiger partial charge in [-0.3, -0.25) is 14.6 Å². The minimum absolute atomic E-state index is 0.0875. The Bertz CT molecular complexity index is 707. The topological polar surface area (TPSA) is 71.1 Å². The predicted octanol–water partition coefficient (Wildman–Crippen LogP) is 3.53. The van der Waals surface area contributed by atoms with E-state index in [1.165, 1.54) is 31.9 Å². The van der Waals surface area contributed by atoms with Crippen LogP contribution in [-0.2, 0) is 11.3 Å². The Kier molecular flexibility index (Phi) is 5.77. The molecule has 1 aliphatic rings. The SMILES string of the molecule is O=C(CC1CCCC1)Nc1ccc(CNC(=O)c2cccnc2)cc1. The molecule has 1 aromatic carbocycles. The van der Waals surface area contributed by atoms with Gasteiger partial charge >= 0.3 is 0 Å². The Morgan fingerprint density at radius 3 is 2.52 bits per heavy atom. The highest BCUT2D eigenvalue weighted by Crippen LogP contribution is 2.27. The largest absolute Gasteiger partial charge is 0.348 e. The fraction of sp³-hybridized carbons (Fsp3) is 0.350. The molecular weight excluding hydrogens is 314 g/mol. The first-order valence-corrected chi connectivity index (χ1v) is 8.78. The standard InChI is InChI=1S/C20H23N3O2/c24-19(12-15-4-1-2-5-15)23-18-9-7-16(8-10-18)13-22-20(25)17-6-3-11-21-14-17/h3,6-11,14-15H,1-2,4-5,12-13H2,(H,22,25)(H,23,24). The van der Waals surface area contributed by atoms with Gasteiger partial charge < -0.3 is 10.6 Å². The van der Waals surface area contributed by atoms with Crippen LogP contribution in [0.2, 0.25) is 0 Å². The zero-order valence-corrected chi connectivity index (χ0v) is 14.2. The molecule has 1 fully saturated rings. The van der Waals surface area contributed by atoms with Gasteiger partial charge in [-0.1, -0.05) is 25.0 Å². The van der Waals surface area contributed by atoms with Crippen molar-refractivity contribution >= 4 is 17.5 Å². The van der Waals surface area contributed by atoms with Gasteiger partial charge in [-0.15, -0.1) is 0 Å². The summed E-state index contributed by atoms with van der Waals surface area (Å²) in [6.45, 7) is 0.435. The lowest BCUT2D eigenvalue weighted by molar-refractivity contribution is -0.117. The van der Waals surface area contributed by atoms with Crippen LogP contribution >= 0.6 is 0 Å². The molecular formula is C20H23N3O2. The highest BCUT2D eigenvalue weighted by atomic mass is 16.2. The number of hydrogen-bond acceptors (Lipinski definition) is 3. The molecule has 130 valence electrons. The molecule has 5 heteroatoms. The number of rotatable bonds is 6. The average molecular weight is 337 g/mol. The molecule has 0 spiro atoms. The van der Waals surface area contributed by atoms with Gasteiger partial charge in [0.25, 0.3) is 5.91 Å². The first kappa shape index (κ1) is 17.1. The van der Waals surface area contributed by atoms with E-state index >= 15 is 0 Å². The second-order valence-electron chi connectivity index (χ2n) is 6.52. The number of anilines is 1. The molecule has 0 saturated heterocycles. The first-order chi connectivity index (χ1) is 12.2. The van der Waals surface area contributed by atoms with Gasteiger partial charge in [0.15, 0.2) is 0 Å². The van der Waals surface area contributed by atoms with E-state index < -0.39 is 0 Å². The number of hydrogen-bond donors (Lipinski definition) is 2. The van der Waals surface area contributed by atoms with Crippen LogP contribution in [-0.4, -0.2) is 16.8 Å². The molecule has 2 amide bonds. The van der Waals surface area contributed by atoms with Crippen LogP contribution in [0.15, 0.2) is 48.8 Å². The van der Waals surface area contributed by atoms with E-state index in [4.69, 9.17) is 0 Å². The van der Waals surface area contributed by atoms with E-state index in [2.05, 4.69) is 15.6 Å². The summed E-state index contributed by atoms with van der Waals surface area (Å²) in [6, 6.07) is 11.0. The number of benzene rings is 1. The van der Waals surface area contributed by atoms with Gasteiger partial charge in [0.1, 0.15) is 0 Å². The van der Waals surface area contributed by atoms with Gasteiger partial charge in [-0.25, -0.2) is 0 Å². The third-order valence-corrected chi connectivity index (χ3v) is 4.56. The monoisotopic (exact) mass is 337 g/mol.